The number of rotatable bonds is 4. The number of benzene rings is 1. The molecule has 0 spiro atoms. The summed E-state index contributed by atoms with van der Waals surface area (Å²) in [5.74, 6) is -0.0862. The van der Waals surface area contributed by atoms with Gasteiger partial charge in [-0.2, -0.15) is 0 Å². The summed E-state index contributed by atoms with van der Waals surface area (Å²) in [5.41, 5.74) is 6.68. The zero-order valence-electron chi connectivity index (χ0n) is 7.92. The first kappa shape index (κ1) is 11.2. The van der Waals surface area contributed by atoms with Gasteiger partial charge in [-0.05, 0) is 25.1 Å². The van der Waals surface area contributed by atoms with Crippen molar-refractivity contribution in [1.29, 1.82) is 0 Å². The highest BCUT2D eigenvalue weighted by Gasteiger charge is 2.09. The lowest BCUT2D eigenvalue weighted by Gasteiger charge is -2.04. The minimum Gasteiger partial charge on any atom is -0.398 e. The minimum absolute atomic E-state index is 0.0856. The Kier molecular flexibility index (Phi) is 4.10. The Hall–Kier alpha value is -0.870. The van der Waals surface area contributed by atoms with E-state index in [-0.39, 0.29) is 12.4 Å². The van der Waals surface area contributed by atoms with Crippen LogP contribution in [-0.4, -0.2) is 19.0 Å². The monoisotopic (exact) mass is 257 g/mol. The van der Waals surface area contributed by atoms with E-state index in [0.29, 0.717) is 17.9 Å². The van der Waals surface area contributed by atoms with Crippen LogP contribution in [-0.2, 0) is 4.74 Å². The standard InChI is InChI=1S/C10H12BrNO2/c1-2-14-6-10(13)8-4-3-7(11)5-9(8)12/h3-5H,2,6,12H2,1H3. The van der Waals surface area contributed by atoms with Gasteiger partial charge in [-0.25, -0.2) is 0 Å². The fraction of sp³-hybridized carbons (Fsp3) is 0.300. The smallest absolute Gasteiger partial charge is 0.190 e. The second-order valence-corrected chi connectivity index (χ2v) is 3.71. The van der Waals surface area contributed by atoms with Crippen molar-refractivity contribution < 1.29 is 9.53 Å². The Morgan fingerprint density at radius 3 is 2.86 bits per heavy atom. The molecule has 2 N–H and O–H groups in total. The summed E-state index contributed by atoms with van der Waals surface area (Å²) in [7, 11) is 0. The second kappa shape index (κ2) is 5.12. The summed E-state index contributed by atoms with van der Waals surface area (Å²) in [4.78, 5) is 11.5. The van der Waals surface area contributed by atoms with Gasteiger partial charge >= 0.3 is 0 Å². The van der Waals surface area contributed by atoms with Gasteiger partial charge in [0.2, 0.25) is 0 Å². The number of hydrogen-bond donors (Lipinski definition) is 1. The highest BCUT2D eigenvalue weighted by molar-refractivity contribution is 9.10. The highest BCUT2D eigenvalue weighted by atomic mass is 79.9. The lowest BCUT2D eigenvalue weighted by atomic mass is 10.1. The molecule has 0 heterocycles. The van der Waals surface area contributed by atoms with E-state index in [1.54, 1.807) is 18.2 Å². The second-order valence-electron chi connectivity index (χ2n) is 2.79. The van der Waals surface area contributed by atoms with Crippen molar-refractivity contribution >= 4 is 27.4 Å². The molecule has 14 heavy (non-hydrogen) atoms. The first-order valence-electron chi connectivity index (χ1n) is 4.31. The molecule has 1 aromatic carbocycles. The molecule has 3 nitrogen and oxygen atoms in total. The quantitative estimate of drug-likeness (QED) is 0.665. The summed E-state index contributed by atoms with van der Waals surface area (Å²) in [6.07, 6.45) is 0. The van der Waals surface area contributed by atoms with Gasteiger partial charge in [0.1, 0.15) is 6.61 Å². The number of nitrogens with two attached hydrogens (primary N) is 1. The van der Waals surface area contributed by atoms with Crippen molar-refractivity contribution in [3.8, 4) is 0 Å². The molecule has 0 aliphatic rings. The predicted octanol–water partition coefficient (Wildman–Crippen LogP) is 2.25. The van der Waals surface area contributed by atoms with Gasteiger partial charge in [0, 0.05) is 22.3 Å². The van der Waals surface area contributed by atoms with Gasteiger partial charge in [-0.3, -0.25) is 4.79 Å². The molecule has 0 radical (unpaired) electrons. The van der Waals surface area contributed by atoms with Crippen molar-refractivity contribution in [1.82, 2.24) is 0 Å². The third kappa shape index (κ3) is 2.82. The molecular weight excluding hydrogens is 246 g/mol. The Morgan fingerprint density at radius 1 is 1.57 bits per heavy atom. The van der Waals surface area contributed by atoms with Crippen LogP contribution in [0.3, 0.4) is 0 Å². The number of nitrogen functional groups attached to an aromatic ring is 1. The molecule has 0 aliphatic carbocycles. The van der Waals surface area contributed by atoms with Gasteiger partial charge in [0.25, 0.3) is 0 Å². The SMILES string of the molecule is CCOCC(=O)c1ccc(Br)cc1N. The summed E-state index contributed by atoms with van der Waals surface area (Å²) in [5, 5.41) is 0. The number of halogens is 1. The van der Waals surface area contributed by atoms with E-state index in [1.807, 2.05) is 6.92 Å². The Morgan fingerprint density at radius 2 is 2.29 bits per heavy atom. The largest absolute Gasteiger partial charge is 0.398 e. The zero-order valence-corrected chi connectivity index (χ0v) is 9.50. The molecule has 1 aromatic rings. The molecule has 4 heteroatoms. The summed E-state index contributed by atoms with van der Waals surface area (Å²) in [6.45, 7) is 2.46. The van der Waals surface area contributed by atoms with Crippen LogP contribution >= 0.6 is 15.9 Å². The molecule has 0 unspecified atom stereocenters. The van der Waals surface area contributed by atoms with Crippen LogP contribution in [0, 0.1) is 0 Å². The van der Waals surface area contributed by atoms with Crippen LogP contribution in [0.5, 0.6) is 0 Å². The molecule has 76 valence electrons. The van der Waals surface area contributed by atoms with Crippen LogP contribution in [0.15, 0.2) is 22.7 Å². The van der Waals surface area contributed by atoms with Crippen molar-refractivity contribution in [2.45, 2.75) is 6.92 Å². The molecule has 0 amide bonds. The summed E-state index contributed by atoms with van der Waals surface area (Å²) < 4.78 is 5.88. The number of carbonyl (C=O) groups is 1. The minimum atomic E-state index is -0.0862. The van der Waals surface area contributed by atoms with Gasteiger partial charge in [0.05, 0.1) is 0 Å². The zero-order chi connectivity index (χ0) is 10.6. The number of Topliss-reactive ketones (excluding diaryl/α,β-unsaturated/α-hetero) is 1. The molecule has 0 bridgehead atoms. The lowest BCUT2D eigenvalue weighted by molar-refractivity contribution is 0.0784. The average Bonchev–Trinajstić information content (AvgIpc) is 2.14. The van der Waals surface area contributed by atoms with E-state index in [1.165, 1.54) is 0 Å². The molecule has 0 fully saturated rings. The molecule has 0 atom stereocenters. The van der Waals surface area contributed by atoms with Crippen LogP contribution in [0.2, 0.25) is 0 Å². The molecule has 0 aromatic heterocycles. The number of ketones is 1. The molecule has 0 saturated carbocycles. The Balaban J connectivity index is 2.80. The fourth-order valence-electron chi connectivity index (χ4n) is 1.06. The summed E-state index contributed by atoms with van der Waals surface area (Å²) in [6, 6.07) is 5.19. The van der Waals surface area contributed by atoms with Crippen LogP contribution in [0.4, 0.5) is 5.69 Å². The average molecular weight is 258 g/mol. The number of hydrogen-bond acceptors (Lipinski definition) is 3. The molecule has 1 rings (SSSR count). The van der Waals surface area contributed by atoms with E-state index in [2.05, 4.69) is 15.9 Å². The molecule has 0 saturated heterocycles. The van der Waals surface area contributed by atoms with Crippen molar-refractivity contribution in [3.05, 3.63) is 28.2 Å². The normalized spacial score (nSPS) is 10.1. The number of anilines is 1. The summed E-state index contributed by atoms with van der Waals surface area (Å²) >= 11 is 3.28. The predicted molar refractivity (Wildman–Crippen MR) is 59.4 cm³/mol. The maximum atomic E-state index is 11.5. The molecule has 0 aliphatic heterocycles. The Bertz CT molecular complexity index is 339. The Labute approximate surface area is 91.4 Å². The van der Waals surface area contributed by atoms with E-state index in [9.17, 15) is 4.79 Å². The van der Waals surface area contributed by atoms with Gasteiger partial charge in [-0.1, -0.05) is 15.9 Å². The van der Waals surface area contributed by atoms with Crippen LogP contribution in [0.25, 0.3) is 0 Å². The van der Waals surface area contributed by atoms with E-state index >= 15 is 0 Å². The first-order chi connectivity index (χ1) is 6.65. The number of carbonyl (C=O) groups excluding carboxylic acids is 1. The van der Waals surface area contributed by atoms with Gasteiger partial charge < -0.3 is 10.5 Å². The van der Waals surface area contributed by atoms with E-state index in [4.69, 9.17) is 10.5 Å². The maximum absolute atomic E-state index is 11.5. The van der Waals surface area contributed by atoms with Crippen molar-refractivity contribution in [2.75, 3.05) is 18.9 Å². The van der Waals surface area contributed by atoms with Crippen LogP contribution in [0.1, 0.15) is 17.3 Å². The first-order valence-corrected chi connectivity index (χ1v) is 5.10. The topological polar surface area (TPSA) is 52.3 Å². The van der Waals surface area contributed by atoms with Gasteiger partial charge in [-0.15, -0.1) is 0 Å². The molecular formula is C10H12BrNO2. The number of ether oxygens (including phenoxy) is 1. The van der Waals surface area contributed by atoms with E-state index < -0.39 is 0 Å². The highest BCUT2D eigenvalue weighted by Crippen LogP contribution is 2.18. The van der Waals surface area contributed by atoms with Crippen molar-refractivity contribution in [3.63, 3.8) is 0 Å². The van der Waals surface area contributed by atoms with Crippen molar-refractivity contribution in [2.24, 2.45) is 0 Å². The maximum Gasteiger partial charge on any atom is 0.190 e. The third-order valence-electron chi connectivity index (χ3n) is 1.75. The van der Waals surface area contributed by atoms with E-state index in [0.717, 1.165) is 4.47 Å². The third-order valence-corrected chi connectivity index (χ3v) is 2.24. The van der Waals surface area contributed by atoms with Gasteiger partial charge in [0.15, 0.2) is 5.78 Å². The fourth-order valence-corrected chi connectivity index (χ4v) is 1.44. The van der Waals surface area contributed by atoms with Crippen LogP contribution < -0.4 is 5.73 Å². The lowest BCUT2D eigenvalue weighted by Crippen LogP contribution is -2.11.